The van der Waals surface area contributed by atoms with Crippen molar-refractivity contribution in [2.45, 2.75) is 38.8 Å². The highest BCUT2D eigenvalue weighted by atomic mass is 16.5. The Hall–Kier alpha value is -0.650. The Labute approximate surface area is 104 Å². The summed E-state index contributed by atoms with van der Waals surface area (Å²) >= 11 is 0. The Balaban J connectivity index is 2.23. The first-order valence-corrected chi connectivity index (χ1v) is 6.49. The number of nitrogens with zero attached hydrogens (tertiary/aromatic N) is 1. The van der Waals surface area contributed by atoms with E-state index in [9.17, 15) is 4.79 Å². The van der Waals surface area contributed by atoms with Crippen LogP contribution in [0.4, 0.5) is 0 Å². The van der Waals surface area contributed by atoms with Crippen LogP contribution >= 0.6 is 0 Å². The molecular weight excluding hydrogens is 218 g/mol. The molecule has 0 aliphatic carbocycles. The number of hydrogen-bond acceptors (Lipinski definition) is 4. The summed E-state index contributed by atoms with van der Waals surface area (Å²) in [4.78, 5) is 14.0. The molecule has 100 valence electrons. The van der Waals surface area contributed by atoms with Crippen molar-refractivity contribution in [3.63, 3.8) is 0 Å². The zero-order valence-electron chi connectivity index (χ0n) is 10.9. The molecule has 1 fully saturated rings. The smallest absolute Gasteiger partial charge is 0.237 e. The van der Waals surface area contributed by atoms with Gasteiger partial charge in [0.2, 0.25) is 5.91 Å². The minimum Gasteiger partial charge on any atom is -0.379 e. The zero-order chi connectivity index (χ0) is 12.7. The zero-order valence-corrected chi connectivity index (χ0v) is 10.9. The molecule has 1 saturated heterocycles. The highest BCUT2D eigenvalue weighted by Gasteiger charge is 2.17. The number of rotatable bonds is 6. The van der Waals surface area contributed by atoms with E-state index in [0.29, 0.717) is 0 Å². The van der Waals surface area contributed by atoms with Crippen LogP contribution in [0.25, 0.3) is 0 Å². The molecule has 0 saturated carbocycles. The molecule has 0 bridgehead atoms. The molecule has 17 heavy (non-hydrogen) atoms. The lowest BCUT2D eigenvalue weighted by atomic mass is 10.1. The lowest BCUT2D eigenvalue weighted by Crippen LogP contribution is -2.50. The second kappa shape index (κ2) is 7.63. The van der Waals surface area contributed by atoms with Crippen LogP contribution in [0.2, 0.25) is 0 Å². The summed E-state index contributed by atoms with van der Waals surface area (Å²) in [5.41, 5.74) is 5.76. The predicted molar refractivity (Wildman–Crippen MR) is 67.7 cm³/mol. The van der Waals surface area contributed by atoms with Gasteiger partial charge >= 0.3 is 0 Å². The fraction of sp³-hybridized carbons (Fsp3) is 0.917. The van der Waals surface area contributed by atoms with Gasteiger partial charge in [-0.1, -0.05) is 13.3 Å². The number of morpholine rings is 1. The average Bonchev–Trinajstić information content (AvgIpc) is 2.30. The van der Waals surface area contributed by atoms with Crippen molar-refractivity contribution in [3.8, 4) is 0 Å². The van der Waals surface area contributed by atoms with Crippen LogP contribution < -0.4 is 11.1 Å². The number of nitrogens with two attached hydrogens (primary N) is 1. The van der Waals surface area contributed by atoms with Crippen LogP contribution in [-0.2, 0) is 9.53 Å². The standard InChI is InChI=1S/C12H25N3O2/c1-3-4-11(13)12(16)14-10(2)9-15-5-7-17-8-6-15/h10-11H,3-9,13H2,1-2H3,(H,14,16). The third kappa shape index (κ3) is 5.48. The monoisotopic (exact) mass is 243 g/mol. The number of hydrogen-bond donors (Lipinski definition) is 2. The van der Waals surface area contributed by atoms with Gasteiger partial charge in [0.05, 0.1) is 19.3 Å². The quantitative estimate of drug-likeness (QED) is 0.686. The van der Waals surface area contributed by atoms with Gasteiger partial charge in [0, 0.05) is 25.7 Å². The Kier molecular flexibility index (Phi) is 6.47. The molecule has 3 N–H and O–H groups in total. The maximum Gasteiger partial charge on any atom is 0.237 e. The second-order valence-electron chi connectivity index (χ2n) is 4.72. The van der Waals surface area contributed by atoms with Crippen molar-refractivity contribution in [3.05, 3.63) is 0 Å². The van der Waals surface area contributed by atoms with E-state index in [-0.39, 0.29) is 18.0 Å². The molecule has 0 aromatic heterocycles. The molecular formula is C12H25N3O2. The summed E-state index contributed by atoms with van der Waals surface area (Å²) < 4.78 is 5.28. The molecule has 1 aliphatic heterocycles. The van der Waals surface area contributed by atoms with Gasteiger partial charge in [0.1, 0.15) is 0 Å². The van der Waals surface area contributed by atoms with Gasteiger partial charge in [0.15, 0.2) is 0 Å². The molecule has 5 heteroatoms. The molecule has 2 atom stereocenters. The molecule has 1 aliphatic rings. The maximum absolute atomic E-state index is 11.7. The fourth-order valence-electron chi connectivity index (χ4n) is 2.01. The highest BCUT2D eigenvalue weighted by molar-refractivity contribution is 5.81. The van der Waals surface area contributed by atoms with E-state index in [1.807, 2.05) is 13.8 Å². The summed E-state index contributed by atoms with van der Waals surface area (Å²) in [5, 5.41) is 2.97. The number of carbonyl (C=O) groups is 1. The van der Waals surface area contributed by atoms with Gasteiger partial charge in [0.25, 0.3) is 0 Å². The van der Waals surface area contributed by atoms with Crippen LogP contribution in [0.3, 0.4) is 0 Å². The van der Waals surface area contributed by atoms with Gasteiger partial charge in [-0.15, -0.1) is 0 Å². The molecule has 0 spiro atoms. The molecule has 2 unspecified atom stereocenters. The topological polar surface area (TPSA) is 67.6 Å². The molecule has 1 amide bonds. The maximum atomic E-state index is 11.7. The first-order chi connectivity index (χ1) is 8.13. The van der Waals surface area contributed by atoms with E-state index in [1.165, 1.54) is 0 Å². The van der Waals surface area contributed by atoms with Crippen molar-refractivity contribution >= 4 is 5.91 Å². The van der Waals surface area contributed by atoms with Crippen LogP contribution in [0.5, 0.6) is 0 Å². The normalized spacial score (nSPS) is 20.9. The van der Waals surface area contributed by atoms with Crippen molar-refractivity contribution in [2.24, 2.45) is 5.73 Å². The van der Waals surface area contributed by atoms with Crippen LogP contribution in [0.15, 0.2) is 0 Å². The third-order valence-corrected chi connectivity index (χ3v) is 2.96. The first-order valence-electron chi connectivity index (χ1n) is 6.49. The summed E-state index contributed by atoms with van der Waals surface area (Å²) in [6.45, 7) is 8.39. The summed E-state index contributed by atoms with van der Waals surface area (Å²) in [7, 11) is 0. The molecule has 0 aromatic carbocycles. The van der Waals surface area contributed by atoms with E-state index < -0.39 is 0 Å². The summed E-state index contributed by atoms with van der Waals surface area (Å²) in [5.74, 6) is -0.0346. The van der Waals surface area contributed by atoms with E-state index in [1.54, 1.807) is 0 Å². The number of ether oxygens (including phenoxy) is 1. The minimum absolute atomic E-state index is 0.0346. The molecule has 1 heterocycles. The predicted octanol–water partition coefficient (Wildman–Crippen LogP) is -0.0493. The van der Waals surface area contributed by atoms with Crippen LogP contribution in [-0.4, -0.2) is 55.7 Å². The van der Waals surface area contributed by atoms with Gasteiger partial charge in [-0.05, 0) is 13.3 Å². The minimum atomic E-state index is -0.368. The van der Waals surface area contributed by atoms with Crippen molar-refractivity contribution in [2.75, 3.05) is 32.8 Å². The summed E-state index contributed by atoms with van der Waals surface area (Å²) in [6, 6.07) is -0.226. The van der Waals surface area contributed by atoms with E-state index >= 15 is 0 Å². The third-order valence-electron chi connectivity index (χ3n) is 2.96. The van der Waals surface area contributed by atoms with Crippen LogP contribution in [0, 0.1) is 0 Å². The van der Waals surface area contributed by atoms with Crippen molar-refractivity contribution in [1.82, 2.24) is 10.2 Å². The second-order valence-corrected chi connectivity index (χ2v) is 4.72. The van der Waals surface area contributed by atoms with E-state index in [2.05, 4.69) is 10.2 Å². The number of nitrogens with one attached hydrogen (secondary N) is 1. The summed E-state index contributed by atoms with van der Waals surface area (Å²) in [6.07, 6.45) is 1.68. The van der Waals surface area contributed by atoms with Crippen molar-refractivity contribution in [1.29, 1.82) is 0 Å². The van der Waals surface area contributed by atoms with Gasteiger partial charge in [-0.3, -0.25) is 9.69 Å². The Morgan fingerprint density at radius 3 is 2.71 bits per heavy atom. The molecule has 5 nitrogen and oxygen atoms in total. The largest absolute Gasteiger partial charge is 0.379 e. The SMILES string of the molecule is CCCC(N)C(=O)NC(C)CN1CCOCC1. The number of amides is 1. The molecule has 1 rings (SSSR count). The molecule has 0 aromatic rings. The fourth-order valence-corrected chi connectivity index (χ4v) is 2.01. The van der Waals surface area contributed by atoms with Gasteiger partial charge in [-0.2, -0.15) is 0 Å². The molecule has 0 radical (unpaired) electrons. The average molecular weight is 243 g/mol. The van der Waals surface area contributed by atoms with Gasteiger partial charge in [-0.25, -0.2) is 0 Å². The Morgan fingerprint density at radius 2 is 2.12 bits per heavy atom. The Bertz CT molecular complexity index is 230. The first kappa shape index (κ1) is 14.4. The van der Waals surface area contributed by atoms with Crippen LogP contribution in [0.1, 0.15) is 26.7 Å². The Morgan fingerprint density at radius 1 is 1.47 bits per heavy atom. The highest BCUT2D eigenvalue weighted by Crippen LogP contribution is 1.99. The van der Waals surface area contributed by atoms with Crippen molar-refractivity contribution < 1.29 is 9.53 Å². The van der Waals surface area contributed by atoms with Gasteiger partial charge < -0.3 is 15.8 Å². The van der Waals surface area contributed by atoms with E-state index in [0.717, 1.165) is 45.7 Å². The van der Waals surface area contributed by atoms with E-state index in [4.69, 9.17) is 10.5 Å². The lowest BCUT2D eigenvalue weighted by Gasteiger charge is -2.29. The lowest BCUT2D eigenvalue weighted by molar-refractivity contribution is -0.123. The number of carbonyl (C=O) groups excluding carboxylic acids is 1.